The maximum absolute atomic E-state index is 13.1. The lowest BCUT2D eigenvalue weighted by atomic mass is 10.2. The first-order chi connectivity index (χ1) is 11.0. The van der Waals surface area contributed by atoms with Crippen LogP contribution in [-0.2, 0) is 0 Å². The van der Waals surface area contributed by atoms with E-state index in [0.29, 0.717) is 0 Å². The fraction of sp³-hybridized carbons (Fsp3) is 0.389. The standard InChI is InChI=1S/C18H22FN3O/c1-13-12-17(18(23)21-10-8-20(3)9-11-21)14(2)22(13)16-6-4-15(19)5-7-16/h4-7,12H,8-11H2,1-3H3. The normalized spacial score (nSPS) is 15.9. The molecule has 5 heteroatoms. The third-order valence-electron chi connectivity index (χ3n) is 4.54. The second kappa shape index (κ2) is 6.16. The predicted octanol–water partition coefficient (Wildman–Crippen LogP) is 2.62. The van der Waals surface area contributed by atoms with E-state index in [-0.39, 0.29) is 11.7 Å². The zero-order valence-corrected chi connectivity index (χ0v) is 13.8. The van der Waals surface area contributed by atoms with Gasteiger partial charge in [0.1, 0.15) is 5.82 Å². The third kappa shape index (κ3) is 3.01. The molecule has 23 heavy (non-hydrogen) atoms. The van der Waals surface area contributed by atoms with E-state index < -0.39 is 0 Å². The molecule has 0 atom stereocenters. The van der Waals surface area contributed by atoms with E-state index in [2.05, 4.69) is 11.9 Å². The number of halogens is 1. The number of piperazine rings is 1. The van der Waals surface area contributed by atoms with E-state index in [4.69, 9.17) is 0 Å². The Balaban J connectivity index is 1.91. The van der Waals surface area contributed by atoms with Crippen molar-refractivity contribution in [2.45, 2.75) is 13.8 Å². The van der Waals surface area contributed by atoms with Crippen molar-refractivity contribution in [3.05, 3.63) is 53.1 Å². The van der Waals surface area contributed by atoms with Crippen molar-refractivity contribution in [3.63, 3.8) is 0 Å². The van der Waals surface area contributed by atoms with Crippen LogP contribution in [0.3, 0.4) is 0 Å². The van der Waals surface area contributed by atoms with Gasteiger partial charge in [-0.15, -0.1) is 0 Å². The Morgan fingerprint density at radius 2 is 1.65 bits per heavy atom. The van der Waals surface area contributed by atoms with Crippen LogP contribution in [0.5, 0.6) is 0 Å². The van der Waals surface area contributed by atoms with Crippen LogP contribution in [0, 0.1) is 19.7 Å². The summed E-state index contributed by atoms with van der Waals surface area (Å²) in [4.78, 5) is 17.0. The zero-order chi connectivity index (χ0) is 16.6. The maximum atomic E-state index is 13.1. The molecule has 0 N–H and O–H groups in total. The predicted molar refractivity (Wildman–Crippen MR) is 88.6 cm³/mol. The highest BCUT2D eigenvalue weighted by Crippen LogP contribution is 2.22. The number of carbonyl (C=O) groups is 1. The summed E-state index contributed by atoms with van der Waals surface area (Å²) in [6.07, 6.45) is 0. The Kier molecular flexibility index (Phi) is 4.22. The number of likely N-dealkylation sites (N-methyl/N-ethyl adjacent to an activating group) is 1. The number of amides is 1. The molecule has 0 spiro atoms. The summed E-state index contributed by atoms with van der Waals surface area (Å²) in [6.45, 7) is 7.24. The smallest absolute Gasteiger partial charge is 0.255 e. The number of rotatable bonds is 2. The summed E-state index contributed by atoms with van der Waals surface area (Å²) in [7, 11) is 2.07. The number of aryl methyl sites for hydroxylation is 1. The summed E-state index contributed by atoms with van der Waals surface area (Å²) in [5.41, 5.74) is 3.49. The molecule has 0 saturated carbocycles. The number of carbonyl (C=O) groups excluding carboxylic acids is 1. The number of hydrogen-bond donors (Lipinski definition) is 0. The van der Waals surface area contributed by atoms with Gasteiger partial charge in [0.25, 0.3) is 5.91 Å². The molecule has 1 aromatic carbocycles. The van der Waals surface area contributed by atoms with Gasteiger partial charge in [-0.3, -0.25) is 4.79 Å². The Hall–Kier alpha value is -2.14. The van der Waals surface area contributed by atoms with E-state index >= 15 is 0 Å². The topological polar surface area (TPSA) is 28.5 Å². The van der Waals surface area contributed by atoms with Crippen molar-refractivity contribution in [2.24, 2.45) is 0 Å². The number of nitrogens with zero attached hydrogens (tertiary/aromatic N) is 3. The minimum absolute atomic E-state index is 0.0829. The monoisotopic (exact) mass is 315 g/mol. The van der Waals surface area contributed by atoms with E-state index in [0.717, 1.165) is 48.8 Å². The molecule has 1 amide bonds. The minimum Gasteiger partial charge on any atom is -0.336 e. The van der Waals surface area contributed by atoms with Gasteiger partial charge in [-0.05, 0) is 51.2 Å². The average molecular weight is 315 g/mol. The highest BCUT2D eigenvalue weighted by Gasteiger charge is 2.24. The zero-order valence-electron chi connectivity index (χ0n) is 13.8. The van der Waals surface area contributed by atoms with Crippen LogP contribution in [0.4, 0.5) is 4.39 Å². The van der Waals surface area contributed by atoms with Crippen LogP contribution < -0.4 is 0 Å². The lowest BCUT2D eigenvalue weighted by molar-refractivity contribution is 0.0663. The van der Waals surface area contributed by atoms with Crippen LogP contribution in [0.25, 0.3) is 5.69 Å². The fourth-order valence-corrected chi connectivity index (χ4v) is 3.15. The molecular weight excluding hydrogens is 293 g/mol. The van der Waals surface area contributed by atoms with Crippen molar-refractivity contribution in [3.8, 4) is 5.69 Å². The molecule has 1 saturated heterocycles. The molecule has 4 nitrogen and oxygen atoms in total. The summed E-state index contributed by atoms with van der Waals surface area (Å²) in [5.74, 6) is -0.176. The summed E-state index contributed by atoms with van der Waals surface area (Å²) in [5, 5.41) is 0. The highest BCUT2D eigenvalue weighted by molar-refractivity contribution is 5.96. The summed E-state index contributed by atoms with van der Waals surface area (Å²) >= 11 is 0. The fourth-order valence-electron chi connectivity index (χ4n) is 3.15. The van der Waals surface area contributed by atoms with Gasteiger partial charge in [0.15, 0.2) is 0 Å². The summed E-state index contributed by atoms with van der Waals surface area (Å²) in [6, 6.07) is 8.28. The van der Waals surface area contributed by atoms with Gasteiger partial charge in [0, 0.05) is 43.3 Å². The van der Waals surface area contributed by atoms with Crippen molar-refractivity contribution in [1.29, 1.82) is 0 Å². The maximum Gasteiger partial charge on any atom is 0.255 e. The third-order valence-corrected chi connectivity index (χ3v) is 4.54. The van der Waals surface area contributed by atoms with Gasteiger partial charge >= 0.3 is 0 Å². The van der Waals surface area contributed by atoms with Crippen LogP contribution in [0.2, 0.25) is 0 Å². The first-order valence-corrected chi connectivity index (χ1v) is 7.90. The minimum atomic E-state index is -0.259. The molecule has 122 valence electrons. The van der Waals surface area contributed by atoms with Gasteiger partial charge < -0.3 is 14.4 Å². The molecule has 0 radical (unpaired) electrons. The lowest BCUT2D eigenvalue weighted by Crippen LogP contribution is -2.47. The van der Waals surface area contributed by atoms with Crippen LogP contribution in [0.15, 0.2) is 30.3 Å². The first-order valence-electron chi connectivity index (χ1n) is 7.90. The highest BCUT2D eigenvalue weighted by atomic mass is 19.1. The Labute approximate surface area is 136 Å². The second-order valence-corrected chi connectivity index (χ2v) is 6.19. The SMILES string of the molecule is Cc1cc(C(=O)N2CCN(C)CC2)c(C)n1-c1ccc(F)cc1. The number of benzene rings is 1. The molecule has 1 aliphatic heterocycles. The lowest BCUT2D eigenvalue weighted by Gasteiger charge is -2.32. The molecule has 3 rings (SSSR count). The van der Waals surface area contributed by atoms with Crippen molar-refractivity contribution in [1.82, 2.24) is 14.4 Å². The molecule has 1 fully saturated rings. The quantitative estimate of drug-likeness (QED) is 0.852. The number of hydrogen-bond acceptors (Lipinski definition) is 2. The van der Waals surface area contributed by atoms with Crippen molar-refractivity contribution < 1.29 is 9.18 Å². The second-order valence-electron chi connectivity index (χ2n) is 6.19. The number of aromatic nitrogens is 1. The van der Waals surface area contributed by atoms with Crippen LogP contribution in [-0.4, -0.2) is 53.5 Å². The van der Waals surface area contributed by atoms with Gasteiger partial charge in [-0.1, -0.05) is 0 Å². The molecular formula is C18H22FN3O. The van der Waals surface area contributed by atoms with E-state index in [1.165, 1.54) is 12.1 Å². The largest absolute Gasteiger partial charge is 0.336 e. The van der Waals surface area contributed by atoms with E-state index in [1.54, 1.807) is 12.1 Å². The summed E-state index contributed by atoms with van der Waals surface area (Å²) < 4.78 is 15.1. The Morgan fingerprint density at radius 1 is 1.04 bits per heavy atom. The average Bonchev–Trinajstić information content (AvgIpc) is 2.83. The molecule has 2 heterocycles. The van der Waals surface area contributed by atoms with E-state index in [1.807, 2.05) is 29.4 Å². The first kappa shape index (κ1) is 15.7. The van der Waals surface area contributed by atoms with Crippen LogP contribution >= 0.6 is 0 Å². The van der Waals surface area contributed by atoms with Gasteiger partial charge in [0.05, 0.1) is 5.56 Å². The van der Waals surface area contributed by atoms with Crippen molar-refractivity contribution >= 4 is 5.91 Å². The molecule has 2 aromatic rings. The Bertz CT molecular complexity index is 713. The van der Waals surface area contributed by atoms with Gasteiger partial charge in [-0.2, -0.15) is 0 Å². The molecule has 0 aliphatic carbocycles. The Morgan fingerprint density at radius 3 is 2.26 bits per heavy atom. The molecule has 0 unspecified atom stereocenters. The molecule has 1 aliphatic rings. The van der Waals surface area contributed by atoms with Gasteiger partial charge in [0.2, 0.25) is 0 Å². The van der Waals surface area contributed by atoms with Crippen molar-refractivity contribution in [2.75, 3.05) is 33.2 Å². The van der Waals surface area contributed by atoms with E-state index in [9.17, 15) is 9.18 Å². The molecule has 1 aromatic heterocycles. The molecule has 0 bridgehead atoms. The van der Waals surface area contributed by atoms with Gasteiger partial charge in [-0.25, -0.2) is 4.39 Å². The van der Waals surface area contributed by atoms with Crippen LogP contribution in [0.1, 0.15) is 21.7 Å².